The number of hydrogen-bond acceptors (Lipinski definition) is 2. The molecule has 2 rings (SSSR count). The minimum absolute atomic E-state index is 0.117. The van der Waals surface area contributed by atoms with Crippen molar-refractivity contribution in [3.8, 4) is 0 Å². The van der Waals surface area contributed by atoms with Crippen molar-refractivity contribution in [2.75, 3.05) is 0 Å². The first-order chi connectivity index (χ1) is 7.80. The number of carbonyl (C=O) groups is 1. The summed E-state index contributed by atoms with van der Waals surface area (Å²) in [6.45, 7) is 1.38. The summed E-state index contributed by atoms with van der Waals surface area (Å²) in [4.78, 5) is 14.6. The van der Waals surface area contributed by atoms with E-state index in [2.05, 4.69) is 4.98 Å². The predicted octanol–water partition coefficient (Wildman–Crippen LogP) is 2.36. The number of alkyl halides is 3. The lowest BCUT2D eigenvalue weighted by atomic mass is 10.3. The van der Waals surface area contributed by atoms with Crippen molar-refractivity contribution in [3.05, 3.63) is 35.3 Å². The second kappa shape index (κ2) is 3.47. The maximum Gasteiger partial charge on any atom is 0.431 e. The number of fused-ring (bicyclic) bond motifs is 1. The van der Waals surface area contributed by atoms with Gasteiger partial charge in [0.25, 0.3) is 0 Å². The largest absolute Gasteiger partial charge is 0.478 e. The summed E-state index contributed by atoms with van der Waals surface area (Å²) in [5.74, 6) is -1.31. The molecule has 0 aliphatic rings. The van der Waals surface area contributed by atoms with Crippen molar-refractivity contribution in [1.82, 2.24) is 9.38 Å². The fourth-order valence-corrected chi connectivity index (χ4v) is 1.58. The van der Waals surface area contributed by atoms with Crippen molar-refractivity contribution in [2.24, 2.45) is 0 Å². The van der Waals surface area contributed by atoms with E-state index in [1.165, 1.54) is 6.92 Å². The van der Waals surface area contributed by atoms with Gasteiger partial charge in [-0.1, -0.05) is 0 Å². The topological polar surface area (TPSA) is 54.6 Å². The van der Waals surface area contributed by atoms with Crippen LogP contribution in [0.4, 0.5) is 13.2 Å². The number of rotatable bonds is 1. The third-order valence-corrected chi connectivity index (χ3v) is 2.27. The predicted molar refractivity (Wildman–Crippen MR) is 51.9 cm³/mol. The zero-order chi connectivity index (χ0) is 12.8. The Morgan fingerprint density at radius 2 is 2.12 bits per heavy atom. The first kappa shape index (κ1) is 11.4. The van der Waals surface area contributed by atoms with E-state index in [-0.39, 0.29) is 16.9 Å². The minimum atomic E-state index is -4.55. The zero-order valence-corrected chi connectivity index (χ0v) is 8.62. The number of aromatic nitrogens is 2. The van der Waals surface area contributed by atoms with Gasteiger partial charge in [0.2, 0.25) is 0 Å². The van der Waals surface area contributed by atoms with Crippen LogP contribution in [0, 0.1) is 6.92 Å². The molecule has 0 bridgehead atoms. The Bertz CT molecular complexity index is 601. The maximum absolute atomic E-state index is 12.7. The molecule has 0 radical (unpaired) electrons. The van der Waals surface area contributed by atoms with Crippen molar-refractivity contribution in [3.63, 3.8) is 0 Å². The molecule has 0 atom stereocenters. The molecule has 2 aromatic rings. The van der Waals surface area contributed by atoms with Gasteiger partial charge in [0.1, 0.15) is 11.3 Å². The minimum Gasteiger partial charge on any atom is -0.478 e. The summed E-state index contributed by atoms with van der Waals surface area (Å²) in [5, 5.41) is 8.82. The summed E-state index contributed by atoms with van der Waals surface area (Å²) in [7, 11) is 0. The third-order valence-electron chi connectivity index (χ3n) is 2.27. The first-order valence-corrected chi connectivity index (χ1v) is 4.60. The molecule has 0 aliphatic heterocycles. The highest BCUT2D eigenvalue weighted by Crippen LogP contribution is 2.30. The average Bonchev–Trinajstić information content (AvgIpc) is 2.57. The molecule has 0 saturated carbocycles. The summed E-state index contributed by atoms with van der Waals surface area (Å²) in [6, 6.07) is 1.97. The molecule has 2 aromatic heterocycles. The van der Waals surface area contributed by atoms with E-state index >= 15 is 0 Å². The molecule has 90 valence electrons. The van der Waals surface area contributed by atoms with E-state index in [1.807, 2.05) is 0 Å². The quantitative estimate of drug-likeness (QED) is 0.837. The Balaban J connectivity index is 2.84. The van der Waals surface area contributed by atoms with E-state index in [4.69, 9.17) is 5.11 Å². The van der Waals surface area contributed by atoms with Crippen LogP contribution < -0.4 is 0 Å². The molecule has 0 fully saturated rings. The number of aryl methyl sites for hydroxylation is 1. The molecule has 4 nitrogen and oxygen atoms in total. The van der Waals surface area contributed by atoms with E-state index < -0.39 is 17.8 Å². The van der Waals surface area contributed by atoms with Crippen LogP contribution in [-0.2, 0) is 6.18 Å². The molecule has 7 heteroatoms. The van der Waals surface area contributed by atoms with Gasteiger partial charge < -0.3 is 5.11 Å². The van der Waals surface area contributed by atoms with E-state index in [9.17, 15) is 18.0 Å². The van der Waals surface area contributed by atoms with Gasteiger partial charge in [-0.15, -0.1) is 0 Å². The third kappa shape index (κ3) is 1.83. The lowest BCUT2D eigenvalue weighted by Crippen LogP contribution is -2.13. The molecular formula is C10H7F3N2O2. The van der Waals surface area contributed by atoms with Crippen LogP contribution in [0.25, 0.3) is 5.65 Å². The van der Waals surface area contributed by atoms with Crippen LogP contribution >= 0.6 is 0 Å². The number of carboxylic acid groups (broad SMARTS) is 1. The van der Waals surface area contributed by atoms with Crippen LogP contribution in [0.1, 0.15) is 21.7 Å². The van der Waals surface area contributed by atoms with Crippen molar-refractivity contribution >= 4 is 11.6 Å². The SMILES string of the molecule is Cc1cc(C(F)(F)F)n2ccc(C(=O)O)c2n1. The van der Waals surface area contributed by atoms with E-state index in [0.29, 0.717) is 0 Å². The Morgan fingerprint density at radius 1 is 1.47 bits per heavy atom. The second-order valence-corrected chi connectivity index (χ2v) is 3.51. The highest BCUT2D eigenvalue weighted by molar-refractivity contribution is 5.94. The normalized spacial score (nSPS) is 12.0. The second-order valence-electron chi connectivity index (χ2n) is 3.51. The van der Waals surface area contributed by atoms with Gasteiger partial charge in [0.05, 0.1) is 0 Å². The number of nitrogens with zero attached hydrogens (tertiary/aromatic N) is 2. The van der Waals surface area contributed by atoms with Crippen molar-refractivity contribution in [1.29, 1.82) is 0 Å². The zero-order valence-electron chi connectivity index (χ0n) is 8.62. The number of aromatic carboxylic acids is 1. The van der Waals surface area contributed by atoms with Crippen molar-refractivity contribution in [2.45, 2.75) is 13.1 Å². The van der Waals surface area contributed by atoms with Crippen LogP contribution in [0.3, 0.4) is 0 Å². The molecule has 1 N–H and O–H groups in total. The average molecular weight is 244 g/mol. The molecular weight excluding hydrogens is 237 g/mol. The maximum atomic E-state index is 12.7. The van der Waals surface area contributed by atoms with Gasteiger partial charge >= 0.3 is 12.1 Å². The van der Waals surface area contributed by atoms with Crippen molar-refractivity contribution < 1.29 is 23.1 Å². The highest BCUT2D eigenvalue weighted by atomic mass is 19.4. The van der Waals surface area contributed by atoms with Gasteiger partial charge in [-0.05, 0) is 19.1 Å². The molecule has 0 spiro atoms. The van der Waals surface area contributed by atoms with Gasteiger partial charge in [-0.2, -0.15) is 13.2 Å². The Hall–Kier alpha value is -2.05. The highest BCUT2D eigenvalue weighted by Gasteiger charge is 2.34. The van der Waals surface area contributed by atoms with Crippen LogP contribution in [0.5, 0.6) is 0 Å². The van der Waals surface area contributed by atoms with Crippen LogP contribution in [0.15, 0.2) is 18.3 Å². The molecule has 0 aliphatic carbocycles. The van der Waals surface area contributed by atoms with Crippen LogP contribution in [0.2, 0.25) is 0 Å². The molecule has 2 heterocycles. The number of carboxylic acids is 1. The molecule has 17 heavy (non-hydrogen) atoms. The summed E-state index contributed by atoms with van der Waals surface area (Å²) in [6.07, 6.45) is -3.51. The molecule has 0 unspecified atom stereocenters. The van der Waals surface area contributed by atoms with Crippen LogP contribution in [-0.4, -0.2) is 20.5 Å². The summed E-state index contributed by atoms with van der Waals surface area (Å²) in [5.41, 5.74) is -1.28. The fraction of sp³-hybridized carbons (Fsp3) is 0.200. The smallest absolute Gasteiger partial charge is 0.431 e. The van der Waals surface area contributed by atoms with Gasteiger partial charge in [-0.25, -0.2) is 9.78 Å². The Labute approximate surface area is 93.3 Å². The first-order valence-electron chi connectivity index (χ1n) is 4.60. The molecule has 0 amide bonds. The summed E-state index contributed by atoms with van der Waals surface area (Å²) >= 11 is 0. The van der Waals surface area contributed by atoms with E-state index in [0.717, 1.165) is 22.7 Å². The Kier molecular flexibility index (Phi) is 2.34. The lowest BCUT2D eigenvalue weighted by molar-refractivity contribution is -0.142. The van der Waals surface area contributed by atoms with Gasteiger partial charge in [-0.3, -0.25) is 4.40 Å². The Morgan fingerprint density at radius 3 is 2.65 bits per heavy atom. The number of halogens is 3. The summed E-state index contributed by atoms with van der Waals surface area (Å²) < 4.78 is 38.9. The van der Waals surface area contributed by atoms with E-state index in [1.54, 1.807) is 0 Å². The molecule has 0 saturated heterocycles. The lowest BCUT2D eigenvalue weighted by Gasteiger charge is -2.10. The van der Waals surface area contributed by atoms with Gasteiger partial charge in [0, 0.05) is 11.9 Å². The standard InChI is InChI=1S/C10H7F3N2O2/c1-5-4-7(10(11,12)13)15-3-2-6(9(16)17)8(15)14-5/h2-4H,1H3,(H,16,17). The monoisotopic (exact) mass is 244 g/mol. The fourth-order valence-electron chi connectivity index (χ4n) is 1.58. The molecule has 0 aromatic carbocycles. The number of hydrogen-bond donors (Lipinski definition) is 1. The van der Waals surface area contributed by atoms with Gasteiger partial charge in [0.15, 0.2) is 5.65 Å².